The summed E-state index contributed by atoms with van der Waals surface area (Å²) in [4.78, 5) is 25.9. The molecule has 0 bridgehead atoms. The minimum absolute atomic E-state index is 0.186. The lowest BCUT2D eigenvalue weighted by Gasteiger charge is -2.10. The van der Waals surface area contributed by atoms with E-state index in [9.17, 15) is 9.59 Å². The van der Waals surface area contributed by atoms with Crippen LogP contribution in [0.3, 0.4) is 0 Å². The van der Waals surface area contributed by atoms with E-state index in [0.717, 1.165) is 4.90 Å². The second kappa shape index (κ2) is 7.09. The molecule has 0 radical (unpaired) electrons. The van der Waals surface area contributed by atoms with Gasteiger partial charge in [-0.25, -0.2) is 0 Å². The Hall–Kier alpha value is -2.27. The highest BCUT2D eigenvalue weighted by molar-refractivity contribution is 7.99. The van der Waals surface area contributed by atoms with Crippen LogP contribution in [0, 0.1) is 19.8 Å². The molecular weight excluding hydrogens is 320 g/mol. The summed E-state index contributed by atoms with van der Waals surface area (Å²) in [6, 6.07) is 14.1. The molecule has 2 aromatic carbocycles. The monoisotopic (exact) mass is 340 g/mol. The molecule has 3 rings (SSSR count). The van der Waals surface area contributed by atoms with Crippen LogP contribution in [0.4, 0.5) is 5.69 Å². The SMILES string of the molecule is Cc1ccc(Sc2ccc(NC(=O)C3CCNC3=O)cc2)cc1C. The molecule has 5 heteroatoms. The summed E-state index contributed by atoms with van der Waals surface area (Å²) in [6.07, 6.45) is 0.561. The minimum atomic E-state index is -0.574. The Labute approximate surface area is 146 Å². The van der Waals surface area contributed by atoms with E-state index in [1.165, 1.54) is 16.0 Å². The van der Waals surface area contributed by atoms with E-state index in [4.69, 9.17) is 0 Å². The van der Waals surface area contributed by atoms with Gasteiger partial charge in [-0.3, -0.25) is 9.59 Å². The van der Waals surface area contributed by atoms with Gasteiger partial charge < -0.3 is 10.6 Å². The van der Waals surface area contributed by atoms with Crippen LogP contribution in [0.15, 0.2) is 52.3 Å². The van der Waals surface area contributed by atoms with Crippen LogP contribution in [0.2, 0.25) is 0 Å². The van der Waals surface area contributed by atoms with Crippen molar-refractivity contribution in [2.45, 2.75) is 30.1 Å². The summed E-state index contributed by atoms with van der Waals surface area (Å²) in [6.45, 7) is 4.78. The van der Waals surface area contributed by atoms with Crippen molar-refractivity contribution in [1.29, 1.82) is 0 Å². The third kappa shape index (κ3) is 3.79. The quantitative estimate of drug-likeness (QED) is 0.837. The molecule has 1 aliphatic heterocycles. The van der Waals surface area contributed by atoms with Gasteiger partial charge in [-0.2, -0.15) is 0 Å². The molecule has 1 atom stereocenters. The number of carbonyl (C=O) groups excluding carboxylic acids is 2. The maximum Gasteiger partial charge on any atom is 0.237 e. The van der Waals surface area contributed by atoms with Crippen LogP contribution >= 0.6 is 11.8 Å². The Morgan fingerprint density at radius 1 is 1.08 bits per heavy atom. The maximum absolute atomic E-state index is 12.1. The zero-order chi connectivity index (χ0) is 17.1. The summed E-state index contributed by atoms with van der Waals surface area (Å²) in [5.41, 5.74) is 3.27. The van der Waals surface area contributed by atoms with Crippen LogP contribution in [0.25, 0.3) is 0 Å². The first-order chi connectivity index (χ1) is 11.5. The molecule has 0 aromatic heterocycles. The average molecular weight is 340 g/mol. The number of anilines is 1. The second-order valence-electron chi connectivity index (χ2n) is 5.99. The van der Waals surface area contributed by atoms with Crippen LogP contribution in [-0.4, -0.2) is 18.4 Å². The first kappa shape index (κ1) is 16.6. The van der Waals surface area contributed by atoms with Gasteiger partial charge in [0.25, 0.3) is 0 Å². The predicted molar refractivity (Wildman–Crippen MR) is 96.2 cm³/mol. The summed E-state index contributed by atoms with van der Waals surface area (Å²) >= 11 is 1.69. The molecule has 124 valence electrons. The van der Waals surface area contributed by atoms with E-state index in [0.29, 0.717) is 18.7 Å². The van der Waals surface area contributed by atoms with Crippen molar-refractivity contribution in [2.75, 3.05) is 11.9 Å². The van der Waals surface area contributed by atoms with Crippen molar-refractivity contribution in [2.24, 2.45) is 5.92 Å². The summed E-state index contributed by atoms with van der Waals surface area (Å²) in [5, 5.41) is 5.49. The first-order valence-corrected chi connectivity index (χ1v) is 8.78. The van der Waals surface area contributed by atoms with Gasteiger partial charge in [0.2, 0.25) is 11.8 Å². The lowest BCUT2D eigenvalue weighted by atomic mass is 10.1. The topological polar surface area (TPSA) is 58.2 Å². The van der Waals surface area contributed by atoms with Gasteiger partial charge in [0.05, 0.1) is 0 Å². The van der Waals surface area contributed by atoms with Crippen molar-refractivity contribution < 1.29 is 9.59 Å². The first-order valence-electron chi connectivity index (χ1n) is 7.97. The van der Waals surface area contributed by atoms with Crippen LogP contribution < -0.4 is 10.6 Å². The molecule has 1 heterocycles. The van der Waals surface area contributed by atoms with Gasteiger partial charge in [0, 0.05) is 22.0 Å². The highest BCUT2D eigenvalue weighted by atomic mass is 32.2. The molecule has 1 unspecified atom stereocenters. The molecule has 1 fully saturated rings. The van der Waals surface area contributed by atoms with Gasteiger partial charge in [0.1, 0.15) is 5.92 Å². The molecule has 1 aliphatic rings. The fraction of sp³-hybridized carbons (Fsp3) is 0.263. The van der Waals surface area contributed by atoms with Gasteiger partial charge in [-0.15, -0.1) is 0 Å². The number of amides is 2. The normalized spacial score (nSPS) is 16.8. The molecule has 24 heavy (non-hydrogen) atoms. The van der Waals surface area contributed by atoms with E-state index in [-0.39, 0.29) is 11.8 Å². The Balaban J connectivity index is 1.63. The average Bonchev–Trinajstić information content (AvgIpc) is 2.99. The lowest BCUT2D eigenvalue weighted by molar-refractivity contribution is -0.130. The highest BCUT2D eigenvalue weighted by Crippen LogP contribution is 2.30. The third-order valence-corrected chi connectivity index (χ3v) is 5.20. The molecule has 1 saturated heterocycles. The van der Waals surface area contributed by atoms with Crippen LogP contribution in [0.5, 0.6) is 0 Å². The van der Waals surface area contributed by atoms with E-state index in [1.54, 1.807) is 11.8 Å². The predicted octanol–water partition coefficient (Wildman–Crippen LogP) is 3.53. The number of rotatable bonds is 4. The largest absolute Gasteiger partial charge is 0.355 e. The molecule has 2 aromatic rings. The van der Waals surface area contributed by atoms with Gasteiger partial charge in [0.15, 0.2) is 0 Å². The Morgan fingerprint density at radius 3 is 2.42 bits per heavy atom. The van der Waals surface area contributed by atoms with Gasteiger partial charge >= 0.3 is 0 Å². The smallest absolute Gasteiger partial charge is 0.237 e. The van der Waals surface area contributed by atoms with E-state index < -0.39 is 5.92 Å². The van der Waals surface area contributed by atoms with E-state index >= 15 is 0 Å². The third-order valence-electron chi connectivity index (χ3n) is 4.20. The van der Waals surface area contributed by atoms with Crippen molar-refractivity contribution in [1.82, 2.24) is 5.32 Å². The zero-order valence-corrected chi connectivity index (χ0v) is 14.6. The zero-order valence-electron chi connectivity index (χ0n) is 13.8. The second-order valence-corrected chi connectivity index (χ2v) is 7.14. The van der Waals surface area contributed by atoms with Crippen molar-refractivity contribution in [3.05, 3.63) is 53.6 Å². The Kier molecular flexibility index (Phi) is 4.90. The molecule has 2 N–H and O–H groups in total. The number of hydrogen-bond acceptors (Lipinski definition) is 3. The van der Waals surface area contributed by atoms with Gasteiger partial charge in [-0.05, 0) is 67.8 Å². The fourth-order valence-corrected chi connectivity index (χ4v) is 3.51. The number of carbonyl (C=O) groups is 2. The lowest BCUT2D eigenvalue weighted by Crippen LogP contribution is -2.29. The standard InChI is InChI=1S/C19H20N2O2S/c1-12-3-6-16(11-13(12)2)24-15-7-4-14(5-8-15)21-19(23)17-9-10-20-18(17)22/h3-8,11,17H,9-10H2,1-2H3,(H,20,22)(H,21,23). The number of aryl methyl sites for hydroxylation is 2. The maximum atomic E-state index is 12.1. The summed E-state index contributed by atoms with van der Waals surface area (Å²) < 4.78 is 0. The van der Waals surface area contributed by atoms with Crippen LogP contribution in [-0.2, 0) is 9.59 Å². The number of nitrogens with one attached hydrogen (secondary N) is 2. The van der Waals surface area contributed by atoms with Crippen molar-refractivity contribution in [3.63, 3.8) is 0 Å². The molecule has 0 aliphatic carbocycles. The molecule has 0 saturated carbocycles. The van der Waals surface area contributed by atoms with Crippen molar-refractivity contribution >= 4 is 29.3 Å². The number of hydrogen-bond donors (Lipinski definition) is 2. The Morgan fingerprint density at radius 2 is 1.79 bits per heavy atom. The Bertz CT molecular complexity index is 771. The summed E-state index contributed by atoms with van der Waals surface area (Å²) in [7, 11) is 0. The fourth-order valence-electron chi connectivity index (χ4n) is 2.59. The highest BCUT2D eigenvalue weighted by Gasteiger charge is 2.30. The molecule has 4 nitrogen and oxygen atoms in total. The van der Waals surface area contributed by atoms with Gasteiger partial charge in [-0.1, -0.05) is 17.8 Å². The van der Waals surface area contributed by atoms with E-state index in [2.05, 4.69) is 42.7 Å². The van der Waals surface area contributed by atoms with Crippen molar-refractivity contribution in [3.8, 4) is 0 Å². The minimum Gasteiger partial charge on any atom is -0.355 e. The van der Waals surface area contributed by atoms with E-state index in [1.807, 2.05) is 24.3 Å². The molecule has 0 spiro atoms. The molecular formula is C19H20N2O2S. The number of benzene rings is 2. The van der Waals surface area contributed by atoms with Crippen LogP contribution in [0.1, 0.15) is 17.5 Å². The molecule has 2 amide bonds. The summed E-state index contributed by atoms with van der Waals surface area (Å²) in [5.74, 6) is -0.997.